The number of nitrogens with zero attached hydrogens (tertiary/aromatic N) is 4. The smallest absolute Gasteiger partial charge is 0.237 e. The molecule has 3 aromatic carbocycles. The number of amides is 1. The van der Waals surface area contributed by atoms with Crippen molar-refractivity contribution in [1.82, 2.24) is 14.8 Å². The predicted octanol–water partition coefficient (Wildman–Crippen LogP) is 4.63. The largest absolute Gasteiger partial charge is 0.493 e. The molecule has 0 saturated heterocycles. The lowest BCUT2D eigenvalue weighted by atomic mass is 10.2. The fraction of sp³-hybridized carbons (Fsp3) is 0.192. The van der Waals surface area contributed by atoms with E-state index >= 15 is 0 Å². The number of rotatable bonds is 7. The van der Waals surface area contributed by atoms with Crippen molar-refractivity contribution in [3.05, 3.63) is 78.4 Å². The second-order valence-corrected chi connectivity index (χ2v) is 8.70. The van der Waals surface area contributed by atoms with Crippen LogP contribution in [0.25, 0.3) is 17.1 Å². The molecule has 5 rings (SSSR count). The highest BCUT2D eigenvalue weighted by atomic mass is 32.2. The van der Waals surface area contributed by atoms with Gasteiger partial charge >= 0.3 is 0 Å². The van der Waals surface area contributed by atoms with Gasteiger partial charge < -0.3 is 14.4 Å². The summed E-state index contributed by atoms with van der Waals surface area (Å²) in [5.41, 5.74) is 3.96. The number of thioether (sulfide) groups is 1. The van der Waals surface area contributed by atoms with Crippen LogP contribution in [-0.2, 0) is 11.2 Å². The summed E-state index contributed by atoms with van der Waals surface area (Å²) in [5.74, 6) is 2.24. The average molecular weight is 473 g/mol. The number of benzene rings is 3. The minimum absolute atomic E-state index is 0.0538. The molecule has 0 spiro atoms. The normalized spacial score (nSPS) is 12.5. The molecular weight excluding hydrogens is 448 g/mol. The third-order valence-electron chi connectivity index (χ3n) is 5.80. The van der Waals surface area contributed by atoms with E-state index in [1.807, 2.05) is 76.2 Å². The Kier molecular flexibility index (Phi) is 6.22. The van der Waals surface area contributed by atoms with Gasteiger partial charge in [0.2, 0.25) is 5.91 Å². The van der Waals surface area contributed by atoms with Gasteiger partial charge in [0.25, 0.3) is 0 Å². The number of hydrogen-bond acceptors (Lipinski definition) is 6. The van der Waals surface area contributed by atoms with E-state index in [9.17, 15) is 4.79 Å². The maximum absolute atomic E-state index is 13.1. The molecule has 2 heterocycles. The highest BCUT2D eigenvalue weighted by Gasteiger charge is 2.25. The monoisotopic (exact) mass is 472 g/mol. The van der Waals surface area contributed by atoms with Gasteiger partial charge in [-0.1, -0.05) is 60.3 Å². The Labute approximate surface area is 202 Å². The van der Waals surface area contributed by atoms with E-state index in [4.69, 9.17) is 9.47 Å². The molecule has 0 aliphatic carbocycles. The quantitative estimate of drug-likeness (QED) is 0.365. The van der Waals surface area contributed by atoms with Gasteiger partial charge in [0.05, 0.1) is 25.7 Å². The molecule has 0 atom stereocenters. The summed E-state index contributed by atoms with van der Waals surface area (Å²) in [5, 5.41) is 9.54. The van der Waals surface area contributed by atoms with Crippen molar-refractivity contribution in [3.8, 4) is 28.6 Å². The first kappa shape index (κ1) is 22.0. The summed E-state index contributed by atoms with van der Waals surface area (Å²) in [6, 6.07) is 23.6. The molecule has 4 aromatic rings. The third-order valence-corrected chi connectivity index (χ3v) is 6.72. The Bertz CT molecular complexity index is 1320. The zero-order valence-corrected chi connectivity index (χ0v) is 19.8. The van der Waals surface area contributed by atoms with Crippen molar-refractivity contribution < 1.29 is 14.3 Å². The Hall–Kier alpha value is -3.78. The van der Waals surface area contributed by atoms with Crippen molar-refractivity contribution >= 4 is 23.4 Å². The predicted molar refractivity (Wildman–Crippen MR) is 133 cm³/mol. The standard InChI is InChI=1S/C26H24N4O3S/c1-32-22-13-12-20(16-23(22)33-2)30-25(19-9-4-3-5-10-19)27-28-26(30)34-17-24(31)29-15-14-18-8-6-7-11-21(18)29/h3-13,16H,14-15,17H2,1-2H3. The van der Waals surface area contributed by atoms with Gasteiger partial charge in [0, 0.05) is 23.9 Å². The van der Waals surface area contributed by atoms with Crippen LogP contribution in [0.5, 0.6) is 11.5 Å². The fourth-order valence-electron chi connectivity index (χ4n) is 4.14. The molecule has 1 aromatic heterocycles. The van der Waals surface area contributed by atoms with E-state index in [1.54, 1.807) is 14.2 Å². The van der Waals surface area contributed by atoms with Crippen molar-refractivity contribution in [3.63, 3.8) is 0 Å². The lowest BCUT2D eigenvalue weighted by Crippen LogP contribution is -2.30. The van der Waals surface area contributed by atoms with Crippen molar-refractivity contribution in [2.45, 2.75) is 11.6 Å². The molecule has 0 fully saturated rings. The number of fused-ring (bicyclic) bond motifs is 1. The summed E-state index contributed by atoms with van der Waals surface area (Å²) in [7, 11) is 3.21. The van der Waals surface area contributed by atoms with Crippen LogP contribution >= 0.6 is 11.8 Å². The van der Waals surface area contributed by atoms with E-state index in [-0.39, 0.29) is 11.7 Å². The minimum Gasteiger partial charge on any atom is -0.493 e. The Balaban J connectivity index is 1.47. The molecule has 1 aliphatic heterocycles. The van der Waals surface area contributed by atoms with Gasteiger partial charge in [-0.15, -0.1) is 10.2 Å². The second kappa shape index (κ2) is 9.61. The van der Waals surface area contributed by atoms with Gasteiger partial charge in [-0.05, 0) is 30.2 Å². The molecule has 0 N–H and O–H groups in total. The van der Waals surface area contributed by atoms with E-state index in [0.717, 1.165) is 23.4 Å². The first-order valence-electron chi connectivity index (χ1n) is 10.9. The van der Waals surface area contributed by atoms with Gasteiger partial charge in [-0.2, -0.15) is 0 Å². The maximum Gasteiger partial charge on any atom is 0.237 e. The Morgan fingerprint density at radius 3 is 2.50 bits per heavy atom. The molecule has 0 radical (unpaired) electrons. The lowest BCUT2D eigenvalue weighted by molar-refractivity contribution is -0.116. The lowest BCUT2D eigenvalue weighted by Gasteiger charge is -2.17. The molecular formula is C26H24N4O3S. The Morgan fingerprint density at radius 1 is 0.941 bits per heavy atom. The molecule has 7 nitrogen and oxygen atoms in total. The van der Waals surface area contributed by atoms with Crippen LogP contribution in [0.15, 0.2) is 78.0 Å². The zero-order valence-electron chi connectivity index (χ0n) is 19.0. The SMILES string of the molecule is COc1ccc(-n2c(SCC(=O)N3CCc4ccccc43)nnc2-c2ccccc2)cc1OC. The Morgan fingerprint density at radius 2 is 1.71 bits per heavy atom. The third kappa shape index (κ3) is 4.12. The molecule has 8 heteroatoms. The summed E-state index contributed by atoms with van der Waals surface area (Å²) in [4.78, 5) is 15.0. The van der Waals surface area contributed by atoms with E-state index in [2.05, 4.69) is 16.3 Å². The topological polar surface area (TPSA) is 69.5 Å². The van der Waals surface area contributed by atoms with E-state index in [1.165, 1.54) is 17.3 Å². The van der Waals surface area contributed by atoms with Crippen LogP contribution in [0, 0.1) is 0 Å². The zero-order chi connectivity index (χ0) is 23.5. The van der Waals surface area contributed by atoms with Gasteiger partial charge in [0.15, 0.2) is 22.5 Å². The van der Waals surface area contributed by atoms with Crippen LogP contribution in [0.1, 0.15) is 5.56 Å². The molecule has 1 amide bonds. The van der Waals surface area contributed by atoms with Crippen molar-refractivity contribution in [2.75, 3.05) is 31.4 Å². The van der Waals surface area contributed by atoms with Crippen LogP contribution in [0.4, 0.5) is 5.69 Å². The average Bonchev–Trinajstić information content (AvgIpc) is 3.52. The van der Waals surface area contributed by atoms with Gasteiger partial charge in [0.1, 0.15) is 0 Å². The van der Waals surface area contributed by atoms with Crippen LogP contribution in [-0.4, -0.2) is 47.2 Å². The van der Waals surface area contributed by atoms with Crippen LogP contribution < -0.4 is 14.4 Å². The molecule has 1 aliphatic rings. The molecule has 0 unspecified atom stereocenters. The fourth-order valence-corrected chi connectivity index (χ4v) is 4.96. The van der Waals surface area contributed by atoms with Gasteiger partial charge in [-0.25, -0.2) is 0 Å². The van der Waals surface area contributed by atoms with Crippen LogP contribution in [0.3, 0.4) is 0 Å². The van der Waals surface area contributed by atoms with Crippen molar-refractivity contribution in [2.24, 2.45) is 0 Å². The van der Waals surface area contributed by atoms with Crippen molar-refractivity contribution in [1.29, 1.82) is 0 Å². The molecule has 0 bridgehead atoms. The highest BCUT2D eigenvalue weighted by molar-refractivity contribution is 7.99. The number of hydrogen-bond donors (Lipinski definition) is 0. The summed E-state index contributed by atoms with van der Waals surface area (Å²) >= 11 is 1.38. The summed E-state index contributed by atoms with van der Waals surface area (Å²) in [6.45, 7) is 0.705. The second-order valence-electron chi connectivity index (χ2n) is 7.76. The minimum atomic E-state index is 0.0538. The first-order chi connectivity index (χ1) is 16.7. The molecule has 0 saturated carbocycles. The number of carbonyl (C=O) groups is 1. The number of aromatic nitrogens is 3. The van der Waals surface area contributed by atoms with Gasteiger partial charge in [-0.3, -0.25) is 9.36 Å². The maximum atomic E-state index is 13.1. The van der Waals surface area contributed by atoms with Crippen LogP contribution in [0.2, 0.25) is 0 Å². The first-order valence-corrected chi connectivity index (χ1v) is 11.9. The number of ether oxygens (including phenoxy) is 2. The number of anilines is 1. The number of para-hydroxylation sites is 1. The number of methoxy groups -OCH3 is 2. The molecule has 172 valence electrons. The summed E-state index contributed by atoms with van der Waals surface area (Å²) in [6.07, 6.45) is 0.882. The molecule has 34 heavy (non-hydrogen) atoms. The number of carbonyl (C=O) groups excluding carboxylic acids is 1. The van der Waals surface area contributed by atoms with E-state index in [0.29, 0.717) is 29.0 Å². The highest BCUT2D eigenvalue weighted by Crippen LogP contribution is 2.34. The summed E-state index contributed by atoms with van der Waals surface area (Å²) < 4.78 is 12.9. The van der Waals surface area contributed by atoms with E-state index < -0.39 is 0 Å².